The van der Waals surface area contributed by atoms with Crippen LogP contribution in [0.2, 0.25) is 0 Å². The highest BCUT2D eigenvalue weighted by Gasteiger charge is 2.31. The number of carbonyl (C=O) groups is 1. The molecule has 0 amide bonds. The molecule has 9 nitrogen and oxygen atoms in total. The van der Waals surface area contributed by atoms with Crippen molar-refractivity contribution in [1.29, 1.82) is 0 Å². The van der Waals surface area contributed by atoms with Crippen LogP contribution in [-0.2, 0) is 13.1 Å². The summed E-state index contributed by atoms with van der Waals surface area (Å²) < 4.78 is 2.37. The average molecular weight is 506 g/mol. The van der Waals surface area contributed by atoms with Crippen molar-refractivity contribution in [3.05, 3.63) is 97.2 Å². The van der Waals surface area contributed by atoms with Crippen molar-refractivity contribution in [2.75, 3.05) is 18.8 Å². The molecular weight excluding hydrogens is 470 g/mol. The molecule has 1 aromatic heterocycles. The third-order valence-corrected chi connectivity index (χ3v) is 7.07. The van der Waals surface area contributed by atoms with E-state index in [9.17, 15) is 19.5 Å². The molecule has 0 aliphatic carbocycles. The van der Waals surface area contributed by atoms with Crippen molar-refractivity contribution in [1.82, 2.24) is 14.0 Å². The molecule has 1 fully saturated rings. The van der Waals surface area contributed by atoms with E-state index < -0.39 is 23.3 Å². The second kappa shape index (κ2) is 11.2. The number of nitrogen functional groups attached to an aromatic ring is 1. The SMILES string of the molecule is Cc1ccc(Cn2c(N)c(C(=O)CN3CCCCC3C(N)O)c(=O)n(Cc3ccc(C)cc3)c2=O)cc1. The van der Waals surface area contributed by atoms with Crippen LogP contribution in [0.15, 0.2) is 58.1 Å². The van der Waals surface area contributed by atoms with Gasteiger partial charge >= 0.3 is 5.69 Å². The van der Waals surface area contributed by atoms with Crippen LogP contribution in [0.25, 0.3) is 0 Å². The Balaban J connectivity index is 1.78. The minimum Gasteiger partial charge on any atom is -0.384 e. The molecule has 5 N–H and O–H groups in total. The maximum Gasteiger partial charge on any atom is 0.333 e. The summed E-state index contributed by atoms with van der Waals surface area (Å²) in [4.78, 5) is 42.5. The number of ketones is 1. The van der Waals surface area contributed by atoms with Crippen LogP contribution in [0.5, 0.6) is 0 Å². The van der Waals surface area contributed by atoms with Crippen LogP contribution < -0.4 is 22.7 Å². The van der Waals surface area contributed by atoms with Gasteiger partial charge in [-0.2, -0.15) is 0 Å². The Morgan fingerprint density at radius 1 is 0.946 bits per heavy atom. The quantitative estimate of drug-likeness (QED) is 0.313. The number of hydrogen-bond donors (Lipinski definition) is 3. The van der Waals surface area contributed by atoms with Gasteiger partial charge in [0.1, 0.15) is 17.6 Å². The fourth-order valence-electron chi connectivity index (χ4n) is 4.88. The van der Waals surface area contributed by atoms with E-state index in [2.05, 4.69) is 0 Å². The zero-order chi connectivity index (χ0) is 26.7. The molecule has 4 rings (SSSR count). The summed E-state index contributed by atoms with van der Waals surface area (Å²) in [6.07, 6.45) is 1.32. The van der Waals surface area contributed by atoms with Crippen molar-refractivity contribution in [3.63, 3.8) is 0 Å². The van der Waals surface area contributed by atoms with Crippen LogP contribution in [0.3, 0.4) is 0 Å². The molecule has 0 spiro atoms. The van der Waals surface area contributed by atoms with E-state index >= 15 is 0 Å². The number of carbonyl (C=O) groups excluding carboxylic acids is 1. The van der Waals surface area contributed by atoms with Gasteiger partial charge in [-0.25, -0.2) is 4.79 Å². The molecule has 0 radical (unpaired) electrons. The van der Waals surface area contributed by atoms with Gasteiger partial charge in [-0.15, -0.1) is 0 Å². The van der Waals surface area contributed by atoms with Crippen LogP contribution in [0, 0.1) is 13.8 Å². The number of nitrogens with zero attached hydrogens (tertiary/aromatic N) is 3. The van der Waals surface area contributed by atoms with E-state index in [-0.39, 0.29) is 37.1 Å². The van der Waals surface area contributed by atoms with Crippen LogP contribution in [0.4, 0.5) is 5.82 Å². The standard InChI is InChI=1S/C28H35N5O4/c1-18-6-10-20(11-7-18)15-32-25(29)24(23(34)17-31-14-4-3-5-22(31)26(30)35)27(36)33(28(32)37)16-21-12-8-19(2)9-13-21/h6-13,22,26,35H,3-5,14-17,29-30H2,1-2H3. The van der Waals surface area contributed by atoms with Crippen molar-refractivity contribution in [2.45, 2.75) is 58.5 Å². The number of piperidine rings is 1. The first-order chi connectivity index (χ1) is 17.7. The van der Waals surface area contributed by atoms with Crippen LogP contribution in [-0.4, -0.2) is 50.3 Å². The molecule has 0 bridgehead atoms. The summed E-state index contributed by atoms with van der Waals surface area (Å²) in [7, 11) is 0. The Bertz CT molecular complexity index is 1370. The molecule has 1 aliphatic heterocycles. The van der Waals surface area contributed by atoms with E-state index in [0.29, 0.717) is 13.0 Å². The molecule has 2 atom stereocenters. The minimum absolute atomic E-state index is 0.0141. The third-order valence-electron chi connectivity index (χ3n) is 7.07. The molecule has 37 heavy (non-hydrogen) atoms. The van der Waals surface area contributed by atoms with E-state index in [0.717, 1.165) is 39.7 Å². The highest BCUT2D eigenvalue weighted by molar-refractivity contribution is 6.01. The topological polar surface area (TPSA) is 137 Å². The highest BCUT2D eigenvalue weighted by atomic mass is 16.3. The number of rotatable bonds is 8. The van der Waals surface area contributed by atoms with Crippen molar-refractivity contribution in [3.8, 4) is 0 Å². The molecule has 9 heteroatoms. The van der Waals surface area contributed by atoms with E-state index in [4.69, 9.17) is 11.5 Å². The number of benzene rings is 2. The fraction of sp³-hybridized carbons (Fsp3) is 0.393. The third kappa shape index (κ3) is 5.90. The Morgan fingerprint density at radius 2 is 1.49 bits per heavy atom. The second-order valence-electron chi connectivity index (χ2n) is 9.94. The number of anilines is 1. The number of aromatic nitrogens is 2. The summed E-state index contributed by atoms with van der Waals surface area (Å²) >= 11 is 0. The molecule has 2 heterocycles. The summed E-state index contributed by atoms with van der Waals surface area (Å²) in [6, 6.07) is 14.8. The molecule has 1 saturated heterocycles. The Morgan fingerprint density at radius 3 is 2.03 bits per heavy atom. The number of Topliss-reactive ketones (excluding diaryl/α,β-unsaturated/α-hetero) is 1. The molecule has 1 aliphatic rings. The molecule has 3 aromatic rings. The Kier molecular flexibility index (Phi) is 8.06. The van der Waals surface area contributed by atoms with Gasteiger partial charge in [0.2, 0.25) is 0 Å². The monoisotopic (exact) mass is 505 g/mol. The number of aliphatic hydroxyl groups excluding tert-OH is 1. The largest absolute Gasteiger partial charge is 0.384 e. The van der Waals surface area contributed by atoms with Gasteiger partial charge in [0.05, 0.1) is 19.6 Å². The van der Waals surface area contributed by atoms with Crippen molar-refractivity contribution in [2.24, 2.45) is 5.73 Å². The van der Waals surface area contributed by atoms with Gasteiger partial charge in [-0.05, 0) is 44.4 Å². The molecular formula is C28H35N5O4. The summed E-state index contributed by atoms with van der Waals surface area (Å²) in [5, 5.41) is 10.0. The number of hydrogen-bond acceptors (Lipinski definition) is 7. The molecule has 2 aromatic carbocycles. The normalized spacial score (nSPS) is 17.0. The fourth-order valence-corrected chi connectivity index (χ4v) is 4.88. The van der Waals surface area contributed by atoms with E-state index in [1.165, 1.54) is 4.57 Å². The summed E-state index contributed by atoms with van der Waals surface area (Å²) in [5.41, 5.74) is 14.3. The molecule has 0 saturated carbocycles. The Hall–Kier alpha value is -3.53. The van der Waals surface area contributed by atoms with Crippen LogP contribution in [0.1, 0.15) is 51.9 Å². The van der Waals surface area contributed by atoms with Crippen molar-refractivity contribution < 1.29 is 9.90 Å². The van der Waals surface area contributed by atoms with Gasteiger partial charge in [-0.1, -0.05) is 66.1 Å². The number of aryl methyl sites for hydroxylation is 2. The maximum absolute atomic E-state index is 13.6. The first-order valence-corrected chi connectivity index (χ1v) is 12.6. The number of likely N-dealkylation sites (tertiary alicyclic amines) is 1. The summed E-state index contributed by atoms with van der Waals surface area (Å²) in [6.45, 7) is 4.51. The first kappa shape index (κ1) is 26.5. The van der Waals surface area contributed by atoms with Crippen molar-refractivity contribution >= 4 is 11.6 Å². The maximum atomic E-state index is 13.6. The smallest absolute Gasteiger partial charge is 0.333 e. The lowest BCUT2D eigenvalue weighted by molar-refractivity contribution is 0.0298. The zero-order valence-corrected chi connectivity index (χ0v) is 21.4. The van der Waals surface area contributed by atoms with E-state index in [1.807, 2.05) is 62.4 Å². The molecule has 196 valence electrons. The van der Waals surface area contributed by atoms with Gasteiger partial charge in [0.25, 0.3) is 5.56 Å². The average Bonchev–Trinajstić information content (AvgIpc) is 2.87. The summed E-state index contributed by atoms with van der Waals surface area (Å²) in [5.74, 6) is -0.645. The predicted octanol–water partition coefficient (Wildman–Crippen LogP) is 1.62. The predicted molar refractivity (Wildman–Crippen MR) is 144 cm³/mol. The minimum atomic E-state index is -1.10. The van der Waals surface area contributed by atoms with Gasteiger partial charge in [-0.3, -0.25) is 23.6 Å². The highest BCUT2D eigenvalue weighted by Crippen LogP contribution is 2.20. The zero-order valence-electron chi connectivity index (χ0n) is 21.4. The van der Waals surface area contributed by atoms with E-state index in [1.54, 1.807) is 4.90 Å². The molecule has 2 unspecified atom stereocenters. The van der Waals surface area contributed by atoms with Gasteiger partial charge in [0, 0.05) is 6.04 Å². The lowest BCUT2D eigenvalue weighted by atomic mass is 10.00. The van der Waals surface area contributed by atoms with Gasteiger partial charge in [0.15, 0.2) is 5.78 Å². The Labute approximate surface area is 215 Å². The van der Waals surface area contributed by atoms with Crippen LogP contribution >= 0.6 is 0 Å². The second-order valence-corrected chi connectivity index (χ2v) is 9.94. The van der Waals surface area contributed by atoms with Gasteiger partial charge < -0.3 is 16.6 Å². The number of aliphatic hydroxyl groups is 1. The lowest BCUT2D eigenvalue weighted by Crippen LogP contribution is -2.52. The first-order valence-electron chi connectivity index (χ1n) is 12.6. The number of nitrogens with two attached hydrogens (primary N) is 2. The lowest BCUT2D eigenvalue weighted by Gasteiger charge is -2.36.